The van der Waals surface area contributed by atoms with E-state index in [1.54, 1.807) is 6.07 Å². The van der Waals surface area contributed by atoms with Gasteiger partial charge in [-0.15, -0.1) is 0 Å². The van der Waals surface area contributed by atoms with E-state index < -0.39 is 0 Å². The highest BCUT2D eigenvalue weighted by atomic mass is 79.9. The molecule has 1 heterocycles. The van der Waals surface area contributed by atoms with Gasteiger partial charge in [0.25, 0.3) is 0 Å². The first kappa shape index (κ1) is 13.7. The molecule has 20 heavy (non-hydrogen) atoms. The maximum Gasteiger partial charge on any atom is 0.124 e. The summed E-state index contributed by atoms with van der Waals surface area (Å²) in [6.07, 6.45) is 0.738. The zero-order valence-electron chi connectivity index (χ0n) is 10.8. The second kappa shape index (κ2) is 5.26. The Morgan fingerprint density at radius 2 is 1.70 bits per heavy atom. The molecule has 0 amide bonds. The SMILES string of the molecule is Fc1ccc(C2(Cc3cc(F)cc(Br)c3)CNC2)cc1. The maximum absolute atomic E-state index is 13.5. The lowest BCUT2D eigenvalue weighted by molar-refractivity contribution is 0.274. The van der Waals surface area contributed by atoms with Gasteiger partial charge in [-0.05, 0) is 47.9 Å². The Kier molecular flexibility index (Phi) is 3.61. The highest BCUT2D eigenvalue weighted by Crippen LogP contribution is 2.33. The number of nitrogens with one attached hydrogen (secondary N) is 1. The van der Waals surface area contributed by atoms with Crippen LogP contribution in [0.25, 0.3) is 0 Å². The van der Waals surface area contributed by atoms with Crippen LogP contribution in [0.1, 0.15) is 11.1 Å². The van der Waals surface area contributed by atoms with Crippen LogP contribution in [0.3, 0.4) is 0 Å². The molecule has 1 nitrogen and oxygen atoms in total. The number of hydrogen-bond donors (Lipinski definition) is 1. The van der Waals surface area contributed by atoms with Crippen LogP contribution in [-0.2, 0) is 11.8 Å². The average Bonchev–Trinajstić information content (AvgIpc) is 2.34. The maximum atomic E-state index is 13.5. The summed E-state index contributed by atoms with van der Waals surface area (Å²) in [5.41, 5.74) is 1.97. The Hall–Kier alpha value is -1.26. The molecule has 1 aliphatic heterocycles. The van der Waals surface area contributed by atoms with E-state index in [9.17, 15) is 8.78 Å². The van der Waals surface area contributed by atoms with Gasteiger partial charge in [-0.3, -0.25) is 0 Å². The van der Waals surface area contributed by atoms with Crippen LogP contribution in [0.4, 0.5) is 8.78 Å². The predicted molar refractivity (Wildman–Crippen MR) is 78.8 cm³/mol. The molecule has 3 rings (SSSR count). The summed E-state index contributed by atoms with van der Waals surface area (Å²) >= 11 is 3.32. The highest BCUT2D eigenvalue weighted by Gasteiger charge is 2.38. The van der Waals surface area contributed by atoms with Gasteiger partial charge in [0.05, 0.1) is 0 Å². The fourth-order valence-electron chi connectivity index (χ4n) is 2.77. The van der Waals surface area contributed by atoms with Crippen LogP contribution in [0.15, 0.2) is 46.9 Å². The van der Waals surface area contributed by atoms with Crippen molar-refractivity contribution in [3.63, 3.8) is 0 Å². The van der Waals surface area contributed by atoms with E-state index >= 15 is 0 Å². The summed E-state index contributed by atoms with van der Waals surface area (Å²) in [7, 11) is 0. The fraction of sp³-hybridized carbons (Fsp3) is 0.250. The van der Waals surface area contributed by atoms with E-state index in [1.165, 1.54) is 18.2 Å². The van der Waals surface area contributed by atoms with Crippen LogP contribution in [0.5, 0.6) is 0 Å². The monoisotopic (exact) mass is 337 g/mol. The first-order chi connectivity index (χ1) is 9.57. The number of hydrogen-bond acceptors (Lipinski definition) is 1. The molecule has 0 aromatic heterocycles. The van der Waals surface area contributed by atoms with E-state index in [2.05, 4.69) is 21.2 Å². The highest BCUT2D eigenvalue weighted by molar-refractivity contribution is 9.10. The molecule has 0 aliphatic carbocycles. The van der Waals surface area contributed by atoms with Gasteiger partial charge in [-0.1, -0.05) is 28.1 Å². The fourth-order valence-corrected chi connectivity index (χ4v) is 3.28. The van der Waals surface area contributed by atoms with Gasteiger partial charge < -0.3 is 5.32 Å². The van der Waals surface area contributed by atoms with Crippen molar-refractivity contribution in [2.75, 3.05) is 13.1 Å². The lowest BCUT2D eigenvalue weighted by Gasteiger charge is -2.43. The third-order valence-electron chi connectivity index (χ3n) is 3.85. The van der Waals surface area contributed by atoms with E-state index in [4.69, 9.17) is 0 Å². The molecule has 2 aromatic carbocycles. The Bertz CT molecular complexity index is 601. The van der Waals surface area contributed by atoms with E-state index in [-0.39, 0.29) is 17.0 Å². The third-order valence-corrected chi connectivity index (χ3v) is 4.31. The van der Waals surface area contributed by atoms with Crippen LogP contribution < -0.4 is 5.32 Å². The Morgan fingerprint density at radius 1 is 1.00 bits per heavy atom. The van der Waals surface area contributed by atoms with Gasteiger partial charge in [0.15, 0.2) is 0 Å². The van der Waals surface area contributed by atoms with Crippen molar-refractivity contribution in [2.24, 2.45) is 0 Å². The molecule has 1 aliphatic rings. The summed E-state index contributed by atoms with van der Waals surface area (Å²) in [4.78, 5) is 0. The Labute approximate surface area is 125 Å². The van der Waals surface area contributed by atoms with Crippen molar-refractivity contribution in [3.05, 3.63) is 69.7 Å². The zero-order chi connectivity index (χ0) is 14.2. The summed E-state index contributed by atoms with van der Waals surface area (Å²) in [6, 6.07) is 11.6. The smallest absolute Gasteiger partial charge is 0.124 e. The largest absolute Gasteiger partial charge is 0.315 e. The van der Waals surface area contributed by atoms with Gasteiger partial charge >= 0.3 is 0 Å². The first-order valence-electron chi connectivity index (χ1n) is 6.49. The molecule has 0 radical (unpaired) electrons. The van der Waals surface area contributed by atoms with Crippen molar-refractivity contribution in [2.45, 2.75) is 11.8 Å². The van der Waals surface area contributed by atoms with Gasteiger partial charge in [-0.25, -0.2) is 8.78 Å². The minimum absolute atomic E-state index is 0.0685. The first-order valence-corrected chi connectivity index (χ1v) is 7.28. The van der Waals surface area contributed by atoms with E-state index in [0.717, 1.165) is 35.1 Å². The lowest BCUT2D eigenvalue weighted by Crippen LogP contribution is -2.58. The van der Waals surface area contributed by atoms with Crippen molar-refractivity contribution in [3.8, 4) is 0 Å². The van der Waals surface area contributed by atoms with Crippen molar-refractivity contribution in [1.82, 2.24) is 5.32 Å². The third kappa shape index (κ3) is 2.63. The minimum Gasteiger partial charge on any atom is -0.315 e. The van der Waals surface area contributed by atoms with Crippen molar-refractivity contribution < 1.29 is 8.78 Å². The molecular formula is C16H14BrF2N. The van der Waals surface area contributed by atoms with Gasteiger partial charge in [0.2, 0.25) is 0 Å². The normalized spacial score (nSPS) is 16.8. The summed E-state index contributed by atoms with van der Waals surface area (Å²) in [5.74, 6) is -0.472. The van der Waals surface area contributed by atoms with Gasteiger partial charge in [0, 0.05) is 23.0 Å². The summed E-state index contributed by atoms with van der Waals surface area (Å²) in [6.45, 7) is 1.65. The number of rotatable bonds is 3. The molecule has 4 heteroatoms. The standard InChI is InChI=1S/C16H14BrF2N/c17-13-5-11(6-15(19)7-13)8-16(9-20-10-16)12-1-3-14(18)4-2-12/h1-7,20H,8-10H2. The Morgan fingerprint density at radius 3 is 2.25 bits per heavy atom. The number of benzene rings is 2. The zero-order valence-corrected chi connectivity index (χ0v) is 12.4. The molecule has 0 atom stereocenters. The second-order valence-electron chi connectivity index (χ2n) is 5.35. The molecule has 1 N–H and O–H groups in total. The van der Waals surface area contributed by atoms with Crippen LogP contribution in [0.2, 0.25) is 0 Å². The minimum atomic E-state index is -0.240. The van der Waals surface area contributed by atoms with Crippen LogP contribution in [0, 0.1) is 11.6 Å². The van der Waals surface area contributed by atoms with Crippen molar-refractivity contribution in [1.29, 1.82) is 0 Å². The van der Waals surface area contributed by atoms with Crippen molar-refractivity contribution >= 4 is 15.9 Å². The average molecular weight is 338 g/mol. The summed E-state index contributed by atoms with van der Waals surface area (Å²) < 4.78 is 27.3. The molecular weight excluding hydrogens is 324 g/mol. The predicted octanol–water partition coefficient (Wildman–Crippen LogP) is 3.81. The van der Waals surface area contributed by atoms with E-state index in [0.29, 0.717) is 0 Å². The molecule has 1 saturated heterocycles. The lowest BCUT2D eigenvalue weighted by atomic mass is 9.71. The Balaban J connectivity index is 1.91. The molecule has 104 valence electrons. The van der Waals surface area contributed by atoms with Crippen LogP contribution in [-0.4, -0.2) is 13.1 Å². The molecule has 2 aromatic rings. The van der Waals surface area contributed by atoms with Gasteiger partial charge in [-0.2, -0.15) is 0 Å². The summed E-state index contributed by atoms with van der Waals surface area (Å²) in [5, 5.41) is 3.27. The molecule has 0 saturated carbocycles. The second-order valence-corrected chi connectivity index (χ2v) is 6.26. The van der Waals surface area contributed by atoms with Crippen LogP contribution >= 0.6 is 15.9 Å². The van der Waals surface area contributed by atoms with E-state index in [1.807, 2.05) is 18.2 Å². The van der Waals surface area contributed by atoms with Gasteiger partial charge in [0.1, 0.15) is 11.6 Å². The molecule has 0 unspecified atom stereocenters. The quantitative estimate of drug-likeness (QED) is 0.897. The molecule has 0 spiro atoms. The number of halogens is 3. The topological polar surface area (TPSA) is 12.0 Å². The molecule has 1 fully saturated rings. The molecule has 0 bridgehead atoms.